The quantitative estimate of drug-likeness (QED) is 0.721. The normalized spacial score (nSPS) is 9.07. The largest absolute Gasteiger partial charge is 0.376 e. The summed E-state index contributed by atoms with van der Waals surface area (Å²) in [5.74, 6) is 0. The third kappa shape index (κ3) is 3.42. The first-order valence-electron chi connectivity index (χ1n) is 4.24. The minimum Gasteiger partial charge on any atom is -0.376 e. The van der Waals surface area contributed by atoms with Crippen LogP contribution < -0.4 is 11.1 Å². The second-order valence-electron chi connectivity index (χ2n) is 2.85. The van der Waals surface area contributed by atoms with E-state index in [-0.39, 0.29) is 0 Å². The maximum atomic E-state index is 8.58. The summed E-state index contributed by atoms with van der Waals surface area (Å²) in [6.07, 6.45) is 0.850. The van der Waals surface area contributed by atoms with E-state index in [4.69, 9.17) is 11.0 Å². The summed E-state index contributed by atoms with van der Waals surface area (Å²) < 4.78 is 0. The highest BCUT2D eigenvalue weighted by Gasteiger charge is 1.94. The first kappa shape index (κ1) is 10.5. The van der Waals surface area contributed by atoms with E-state index in [1.54, 1.807) is 12.1 Å². The van der Waals surface area contributed by atoms with Crippen LogP contribution in [0.25, 0.3) is 0 Å². The summed E-state index contributed by atoms with van der Waals surface area (Å²) in [6.45, 7) is 0.723. The van der Waals surface area contributed by atoms with Gasteiger partial charge >= 0.3 is 0 Å². The Morgan fingerprint density at radius 2 is 2.07 bits per heavy atom. The van der Waals surface area contributed by atoms with Crippen LogP contribution in [0.1, 0.15) is 11.1 Å². The van der Waals surface area contributed by atoms with E-state index in [1.165, 1.54) is 0 Å². The average Bonchev–Trinajstić information content (AvgIpc) is 2.18. The molecule has 0 amide bonds. The predicted octanol–water partition coefficient (Wildman–Crippen LogP) is 0.934. The van der Waals surface area contributed by atoms with Gasteiger partial charge in [0, 0.05) is 6.54 Å². The molecular formula is C10H11N3S. The van der Waals surface area contributed by atoms with Gasteiger partial charge in [-0.1, -0.05) is 12.1 Å². The van der Waals surface area contributed by atoms with Crippen molar-refractivity contribution in [2.24, 2.45) is 5.73 Å². The molecule has 1 rings (SSSR count). The molecule has 0 unspecified atom stereocenters. The van der Waals surface area contributed by atoms with Gasteiger partial charge < -0.3 is 11.1 Å². The molecule has 3 nitrogen and oxygen atoms in total. The van der Waals surface area contributed by atoms with Crippen molar-refractivity contribution >= 4 is 17.3 Å². The lowest BCUT2D eigenvalue weighted by molar-refractivity contribution is 0.869. The third-order valence-electron chi connectivity index (χ3n) is 1.80. The molecule has 0 fully saturated rings. The molecule has 0 aliphatic rings. The van der Waals surface area contributed by atoms with E-state index >= 15 is 0 Å². The maximum Gasteiger partial charge on any atom is 0.163 e. The minimum absolute atomic E-state index is 0.318. The summed E-state index contributed by atoms with van der Waals surface area (Å²) in [5, 5.41) is 11.8. The lowest BCUT2D eigenvalue weighted by Gasteiger charge is -2.03. The molecule has 0 heterocycles. The number of rotatable bonds is 3. The van der Waals surface area contributed by atoms with Crippen molar-refractivity contribution in [3.8, 4) is 6.07 Å². The van der Waals surface area contributed by atoms with Crippen LogP contribution in [-0.2, 0) is 6.42 Å². The third-order valence-corrected chi connectivity index (χ3v) is 1.94. The van der Waals surface area contributed by atoms with Crippen molar-refractivity contribution in [1.29, 1.82) is 5.26 Å². The van der Waals surface area contributed by atoms with Gasteiger partial charge in [-0.15, -0.1) is 0 Å². The predicted molar refractivity (Wildman–Crippen MR) is 59.6 cm³/mol. The van der Waals surface area contributed by atoms with Gasteiger partial charge in [-0.25, -0.2) is 0 Å². The van der Waals surface area contributed by atoms with E-state index in [1.807, 2.05) is 12.1 Å². The summed E-state index contributed by atoms with van der Waals surface area (Å²) in [5.41, 5.74) is 7.12. The molecule has 0 radical (unpaired) electrons. The van der Waals surface area contributed by atoms with E-state index < -0.39 is 0 Å². The standard InChI is InChI=1S/C10H11N3S/c11-7-9-3-1-8(2-4-9)5-6-13-10(12)14/h1-4H,5-6H2,(H3,12,13,14). The number of nitrogens with one attached hydrogen (secondary N) is 1. The van der Waals surface area contributed by atoms with Gasteiger partial charge in [0.25, 0.3) is 0 Å². The van der Waals surface area contributed by atoms with Gasteiger partial charge in [0.15, 0.2) is 5.11 Å². The molecular weight excluding hydrogens is 194 g/mol. The fourth-order valence-electron chi connectivity index (χ4n) is 1.08. The summed E-state index contributed by atoms with van der Waals surface area (Å²) in [7, 11) is 0. The number of benzene rings is 1. The number of nitrogens with zero attached hydrogens (tertiary/aromatic N) is 1. The monoisotopic (exact) mass is 205 g/mol. The van der Waals surface area contributed by atoms with Crippen LogP contribution in [0.4, 0.5) is 0 Å². The number of hydrogen-bond donors (Lipinski definition) is 2. The van der Waals surface area contributed by atoms with E-state index in [2.05, 4.69) is 23.6 Å². The van der Waals surface area contributed by atoms with Crippen LogP contribution in [0.3, 0.4) is 0 Å². The zero-order valence-corrected chi connectivity index (χ0v) is 8.47. The Hall–Kier alpha value is -1.60. The maximum absolute atomic E-state index is 8.58. The van der Waals surface area contributed by atoms with Crippen molar-refractivity contribution in [3.05, 3.63) is 35.4 Å². The molecule has 14 heavy (non-hydrogen) atoms. The van der Waals surface area contributed by atoms with Crippen LogP contribution in [0.2, 0.25) is 0 Å². The van der Waals surface area contributed by atoms with Crippen molar-refractivity contribution in [2.75, 3.05) is 6.54 Å². The fourth-order valence-corrected chi connectivity index (χ4v) is 1.18. The van der Waals surface area contributed by atoms with Crippen molar-refractivity contribution < 1.29 is 0 Å². The molecule has 0 spiro atoms. The zero-order valence-electron chi connectivity index (χ0n) is 7.66. The Labute approximate surface area is 88.5 Å². The van der Waals surface area contributed by atoms with Crippen LogP contribution in [0.5, 0.6) is 0 Å². The minimum atomic E-state index is 0.318. The molecule has 0 saturated heterocycles. The summed E-state index contributed by atoms with van der Waals surface area (Å²) >= 11 is 4.67. The topological polar surface area (TPSA) is 61.8 Å². The molecule has 0 aliphatic heterocycles. The van der Waals surface area contributed by atoms with Gasteiger partial charge in [-0.05, 0) is 36.3 Å². The molecule has 0 atom stereocenters. The Morgan fingerprint density at radius 1 is 1.43 bits per heavy atom. The van der Waals surface area contributed by atoms with Crippen molar-refractivity contribution in [3.63, 3.8) is 0 Å². The zero-order chi connectivity index (χ0) is 10.4. The van der Waals surface area contributed by atoms with Gasteiger partial charge in [0.1, 0.15) is 0 Å². The number of thiocarbonyl (C=S) groups is 1. The van der Waals surface area contributed by atoms with E-state index in [0.29, 0.717) is 10.7 Å². The first-order chi connectivity index (χ1) is 6.72. The highest BCUT2D eigenvalue weighted by atomic mass is 32.1. The van der Waals surface area contributed by atoms with Gasteiger partial charge in [0.2, 0.25) is 0 Å². The van der Waals surface area contributed by atoms with Crippen LogP contribution in [0.15, 0.2) is 24.3 Å². The highest BCUT2D eigenvalue weighted by Crippen LogP contribution is 2.03. The average molecular weight is 205 g/mol. The SMILES string of the molecule is N#Cc1ccc(CCNC(N)=S)cc1. The van der Waals surface area contributed by atoms with Gasteiger partial charge in [-0.2, -0.15) is 5.26 Å². The second-order valence-corrected chi connectivity index (χ2v) is 3.29. The fraction of sp³-hybridized carbons (Fsp3) is 0.200. The molecule has 0 aromatic heterocycles. The second kappa shape index (κ2) is 5.20. The molecule has 4 heteroatoms. The molecule has 0 saturated carbocycles. The molecule has 3 N–H and O–H groups in total. The molecule has 72 valence electrons. The number of nitrogens with two attached hydrogens (primary N) is 1. The number of hydrogen-bond acceptors (Lipinski definition) is 2. The number of nitriles is 1. The summed E-state index contributed by atoms with van der Waals surface area (Å²) in [6, 6.07) is 9.54. The van der Waals surface area contributed by atoms with Gasteiger partial charge in [0.05, 0.1) is 11.6 Å². The van der Waals surface area contributed by atoms with Crippen molar-refractivity contribution in [1.82, 2.24) is 5.32 Å². The van der Waals surface area contributed by atoms with Crippen molar-refractivity contribution in [2.45, 2.75) is 6.42 Å². The van der Waals surface area contributed by atoms with Crippen LogP contribution >= 0.6 is 12.2 Å². The molecule has 1 aromatic rings. The van der Waals surface area contributed by atoms with Crippen LogP contribution in [-0.4, -0.2) is 11.7 Å². The van der Waals surface area contributed by atoms with E-state index in [0.717, 1.165) is 18.5 Å². The van der Waals surface area contributed by atoms with Gasteiger partial charge in [-0.3, -0.25) is 0 Å². The first-order valence-corrected chi connectivity index (χ1v) is 4.65. The van der Waals surface area contributed by atoms with Crippen LogP contribution in [0, 0.1) is 11.3 Å². The lowest BCUT2D eigenvalue weighted by atomic mass is 10.1. The summed E-state index contributed by atoms with van der Waals surface area (Å²) in [4.78, 5) is 0. The Balaban J connectivity index is 2.45. The lowest BCUT2D eigenvalue weighted by Crippen LogP contribution is -2.30. The Kier molecular flexibility index (Phi) is 3.89. The smallest absolute Gasteiger partial charge is 0.163 e. The Bertz CT molecular complexity index is 351. The van der Waals surface area contributed by atoms with E-state index in [9.17, 15) is 0 Å². The Morgan fingerprint density at radius 3 is 2.57 bits per heavy atom. The molecule has 1 aromatic carbocycles. The molecule has 0 bridgehead atoms. The molecule has 0 aliphatic carbocycles. The highest BCUT2D eigenvalue weighted by molar-refractivity contribution is 7.80.